The van der Waals surface area contributed by atoms with E-state index in [2.05, 4.69) is 10.3 Å². The highest BCUT2D eigenvalue weighted by Gasteiger charge is 2.26. The lowest BCUT2D eigenvalue weighted by atomic mass is 9.97. The van der Waals surface area contributed by atoms with E-state index in [-0.39, 0.29) is 32.3 Å². The zero-order valence-corrected chi connectivity index (χ0v) is 16.2. The van der Waals surface area contributed by atoms with Crippen molar-refractivity contribution in [2.75, 3.05) is 5.32 Å². The first-order valence-electron chi connectivity index (χ1n) is 8.01. The Bertz CT molecular complexity index is 1180. The van der Waals surface area contributed by atoms with E-state index in [1.165, 1.54) is 25.3 Å². The molecule has 0 saturated heterocycles. The van der Waals surface area contributed by atoms with Crippen LogP contribution in [0.15, 0.2) is 59.8 Å². The minimum atomic E-state index is -4.31. The maximum Gasteiger partial charge on any atom is 0.239 e. The van der Waals surface area contributed by atoms with Crippen LogP contribution in [0.2, 0.25) is 5.02 Å². The van der Waals surface area contributed by atoms with E-state index in [1.807, 2.05) is 0 Å². The van der Waals surface area contributed by atoms with Crippen LogP contribution in [0.5, 0.6) is 0 Å². The van der Waals surface area contributed by atoms with Gasteiger partial charge in [-0.05, 0) is 18.2 Å². The van der Waals surface area contributed by atoms with Gasteiger partial charge in [-0.25, -0.2) is 17.9 Å². The minimum Gasteiger partial charge on any atom is -0.326 e. The Morgan fingerprint density at radius 3 is 2.46 bits per heavy atom. The molecule has 0 aliphatic heterocycles. The number of sulfonamides is 1. The lowest BCUT2D eigenvalue weighted by molar-refractivity contribution is -0.114. The maximum absolute atomic E-state index is 13.7. The summed E-state index contributed by atoms with van der Waals surface area (Å²) < 4.78 is 38.8. The molecule has 1 heterocycles. The number of nitrogens with one attached hydrogen (secondary N) is 1. The number of carbonyl (C=O) groups excluding carboxylic acids is 1. The van der Waals surface area contributed by atoms with Gasteiger partial charge in [-0.2, -0.15) is 0 Å². The molecule has 0 saturated carbocycles. The third-order valence-corrected chi connectivity index (χ3v) is 5.23. The summed E-state index contributed by atoms with van der Waals surface area (Å²) in [6.45, 7) is 1.29. The van der Waals surface area contributed by atoms with Gasteiger partial charge in [0.15, 0.2) is 0 Å². The molecule has 2 aromatic carbocycles. The van der Waals surface area contributed by atoms with Gasteiger partial charge in [0.05, 0.1) is 16.8 Å². The molecular formula is C19H15ClFN3O3S. The second-order valence-corrected chi connectivity index (χ2v) is 7.87. The maximum atomic E-state index is 13.7. The molecule has 1 aromatic heterocycles. The first kappa shape index (κ1) is 19.9. The molecule has 3 N–H and O–H groups in total. The largest absolute Gasteiger partial charge is 0.326 e. The van der Waals surface area contributed by atoms with Crippen molar-refractivity contribution >= 4 is 33.2 Å². The van der Waals surface area contributed by atoms with Gasteiger partial charge >= 0.3 is 0 Å². The van der Waals surface area contributed by atoms with Crippen molar-refractivity contribution in [3.63, 3.8) is 0 Å². The second-order valence-electron chi connectivity index (χ2n) is 5.96. The van der Waals surface area contributed by atoms with E-state index in [4.69, 9.17) is 16.7 Å². The van der Waals surface area contributed by atoms with E-state index >= 15 is 0 Å². The Labute approximate surface area is 166 Å². The third-order valence-electron chi connectivity index (χ3n) is 3.91. The van der Waals surface area contributed by atoms with Crippen molar-refractivity contribution in [2.24, 2.45) is 5.14 Å². The number of amides is 1. The molecule has 28 heavy (non-hydrogen) atoms. The van der Waals surface area contributed by atoms with Gasteiger partial charge < -0.3 is 5.32 Å². The van der Waals surface area contributed by atoms with Gasteiger partial charge in [0.1, 0.15) is 5.82 Å². The summed E-state index contributed by atoms with van der Waals surface area (Å²) >= 11 is 6.29. The Kier molecular flexibility index (Phi) is 5.46. The molecule has 0 aliphatic carbocycles. The highest BCUT2D eigenvalue weighted by atomic mass is 35.5. The van der Waals surface area contributed by atoms with Crippen molar-refractivity contribution in [3.8, 4) is 22.3 Å². The fourth-order valence-electron chi connectivity index (χ4n) is 2.89. The molecule has 0 fully saturated rings. The monoisotopic (exact) mass is 419 g/mol. The zero-order valence-electron chi connectivity index (χ0n) is 14.6. The minimum absolute atomic E-state index is 0.116. The number of carbonyl (C=O) groups is 1. The molecule has 0 atom stereocenters. The van der Waals surface area contributed by atoms with Gasteiger partial charge in [0.25, 0.3) is 0 Å². The number of nitrogens with two attached hydrogens (primary N) is 1. The predicted molar refractivity (Wildman–Crippen MR) is 106 cm³/mol. The van der Waals surface area contributed by atoms with Crippen LogP contribution >= 0.6 is 11.6 Å². The number of benzene rings is 2. The number of halogens is 2. The van der Waals surface area contributed by atoms with Crippen molar-refractivity contribution in [1.29, 1.82) is 0 Å². The number of hydrogen-bond donors (Lipinski definition) is 2. The van der Waals surface area contributed by atoms with Crippen LogP contribution in [0.3, 0.4) is 0 Å². The van der Waals surface area contributed by atoms with Crippen LogP contribution in [0, 0.1) is 5.82 Å². The van der Waals surface area contributed by atoms with Gasteiger partial charge in [-0.1, -0.05) is 35.9 Å². The summed E-state index contributed by atoms with van der Waals surface area (Å²) in [5.41, 5.74) is 1.02. The Balaban J connectivity index is 2.47. The molecule has 0 bridgehead atoms. The average molecular weight is 420 g/mol. The number of aromatic nitrogens is 1. The standard InChI is InChI=1S/C19H15ClFN3O3S/c1-11(25)24-17-7-6-14(12-8-13(21)10-23-9-12)19(28(22,26)27)18(17)15-4-2-3-5-16(15)20/h2-10H,1H3,(H,24,25)(H2,22,26,27). The number of primary sulfonamides is 1. The second kappa shape index (κ2) is 7.67. The smallest absolute Gasteiger partial charge is 0.239 e. The van der Waals surface area contributed by atoms with Gasteiger partial charge in [0.2, 0.25) is 15.9 Å². The Morgan fingerprint density at radius 1 is 1.14 bits per heavy atom. The number of hydrogen-bond acceptors (Lipinski definition) is 4. The summed E-state index contributed by atoms with van der Waals surface area (Å²) in [6.07, 6.45) is 2.32. The van der Waals surface area contributed by atoms with Crippen LogP contribution in [0.4, 0.5) is 10.1 Å². The molecule has 6 nitrogen and oxygen atoms in total. The summed E-state index contributed by atoms with van der Waals surface area (Å²) in [5.74, 6) is -1.04. The fraction of sp³-hybridized carbons (Fsp3) is 0.0526. The summed E-state index contributed by atoms with van der Waals surface area (Å²) in [5, 5.41) is 8.38. The van der Waals surface area contributed by atoms with E-state index in [0.29, 0.717) is 5.56 Å². The Hall–Kier alpha value is -2.81. The molecule has 0 unspecified atom stereocenters. The summed E-state index contributed by atoms with van der Waals surface area (Å²) in [4.78, 5) is 15.1. The quantitative estimate of drug-likeness (QED) is 0.671. The topological polar surface area (TPSA) is 102 Å². The van der Waals surface area contributed by atoms with Crippen LogP contribution in [-0.2, 0) is 14.8 Å². The van der Waals surface area contributed by atoms with Gasteiger partial charge in [0, 0.05) is 40.4 Å². The number of anilines is 1. The van der Waals surface area contributed by atoms with Crippen LogP contribution < -0.4 is 10.5 Å². The van der Waals surface area contributed by atoms with E-state index in [0.717, 1.165) is 12.3 Å². The average Bonchev–Trinajstić information content (AvgIpc) is 2.61. The van der Waals surface area contributed by atoms with Crippen molar-refractivity contribution < 1.29 is 17.6 Å². The van der Waals surface area contributed by atoms with E-state index < -0.39 is 21.7 Å². The molecular weight excluding hydrogens is 405 g/mol. The Morgan fingerprint density at radius 2 is 1.86 bits per heavy atom. The zero-order chi connectivity index (χ0) is 20.5. The molecule has 144 valence electrons. The van der Waals surface area contributed by atoms with Gasteiger partial charge in [-0.3, -0.25) is 9.78 Å². The van der Waals surface area contributed by atoms with Crippen molar-refractivity contribution in [2.45, 2.75) is 11.8 Å². The molecule has 0 aliphatic rings. The highest BCUT2D eigenvalue weighted by molar-refractivity contribution is 7.89. The number of rotatable bonds is 4. The first-order valence-corrected chi connectivity index (χ1v) is 9.94. The van der Waals surface area contributed by atoms with E-state index in [9.17, 15) is 17.6 Å². The molecule has 3 aromatic rings. The lowest BCUT2D eigenvalue weighted by Crippen LogP contribution is -2.17. The van der Waals surface area contributed by atoms with E-state index in [1.54, 1.807) is 24.3 Å². The third kappa shape index (κ3) is 4.04. The summed E-state index contributed by atoms with van der Waals surface area (Å²) in [7, 11) is -4.31. The van der Waals surface area contributed by atoms with Crippen LogP contribution in [0.1, 0.15) is 6.92 Å². The number of nitrogens with zero attached hydrogens (tertiary/aromatic N) is 1. The molecule has 3 rings (SSSR count). The molecule has 9 heteroatoms. The molecule has 0 radical (unpaired) electrons. The highest BCUT2D eigenvalue weighted by Crippen LogP contribution is 2.42. The van der Waals surface area contributed by atoms with Crippen LogP contribution in [-0.4, -0.2) is 19.3 Å². The first-order chi connectivity index (χ1) is 13.2. The predicted octanol–water partition coefficient (Wildman–Crippen LogP) is 3.81. The van der Waals surface area contributed by atoms with Gasteiger partial charge in [-0.15, -0.1) is 0 Å². The van der Waals surface area contributed by atoms with Crippen LogP contribution in [0.25, 0.3) is 22.3 Å². The normalized spacial score (nSPS) is 11.3. The molecule has 1 amide bonds. The lowest BCUT2D eigenvalue weighted by Gasteiger charge is -2.19. The SMILES string of the molecule is CC(=O)Nc1ccc(-c2cncc(F)c2)c(S(N)(=O)=O)c1-c1ccccc1Cl. The summed E-state index contributed by atoms with van der Waals surface area (Å²) in [6, 6.07) is 10.6. The van der Waals surface area contributed by atoms with Crippen molar-refractivity contribution in [1.82, 2.24) is 4.98 Å². The van der Waals surface area contributed by atoms with Crippen molar-refractivity contribution in [3.05, 3.63) is 65.7 Å². The number of pyridine rings is 1. The fourth-order valence-corrected chi connectivity index (χ4v) is 4.12. The molecule has 0 spiro atoms.